The normalized spacial score (nSPS) is 11.8. The number of benzene rings is 2. The molecule has 0 fully saturated rings. The van der Waals surface area contributed by atoms with Crippen LogP contribution in [0.1, 0.15) is 34.7 Å². The molecular weight excluding hydrogens is 502 g/mol. The largest absolute Gasteiger partial charge is 0.342 e. The fourth-order valence-electron chi connectivity index (χ4n) is 2.78. The highest BCUT2D eigenvalue weighted by Crippen LogP contribution is 2.26. The third-order valence-corrected chi connectivity index (χ3v) is 6.69. The lowest BCUT2D eigenvalue weighted by molar-refractivity contribution is -0.113. The Labute approximate surface area is 198 Å². The van der Waals surface area contributed by atoms with Gasteiger partial charge in [0.25, 0.3) is 5.91 Å². The monoisotopic (exact) mass is 521 g/mol. The number of rotatable bonds is 7. The summed E-state index contributed by atoms with van der Waals surface area (Å²) in [6, 6.07) is 12.2. The zero-order valence-corrected chi connectivity index (χ0v) is 20.3. The Kier molecular flexibility index (Phi) is 7.74. The molecule has 1 heterocycles. The van der Waals surface area contributed by atoms with Crippen LogP contribution in [-0.2, 0) is 11.8 Å². The van der Waals surface area contributed by atoms with Gasteiger partial charge in [-0.25, -0.2) is 0 Å². The highest BCUT2D eigenvalue weighted by atomic mass is 79.9. The predicted molar refractivity (Wildman–Crippen MR) is 127 cm³/mol. The molecule has 0 aliphatic heterocycles. The van der Waals surface area contributed by atoms with Gasteiger partial charge in [0, 0.05) is 22.8 Å². The van der Waals surface area contributed by atoms with Crippen molar-refractivity contribution < 1.29 is 9.59 Å². The molecule has 3 rings (SSSR count). The van der Waals surface area contributed by atoms with E-state index in [-0.39, 0.29) is 23.6 Å². The van der Waals surface area contributed by atoms with Crippen molar-refractivity contribution in [2.75, 3.05) is 11.1 Å². The zero-order chi connectivity index (χ0) is 22.5. The summed E-state index contributed by atoms with van der Waals surface area (Å²) in [5, 5.41) is 15.2. The van der Waals surface area contributed by atoms with Gasteiger partial charge in [0.05, 0.1) is 16.8 Å². The van der Waals surface area contributed by atoms with Gasteiger partial charge < -0.3 is 15.2 Å². The minimum atomic E-state index is -0.346. The van der Waals surface area contributed by atoms with Crippen LogP contribution in [0.15, 0.2) is 52.1 Å². The number of carbonyl (C=O) groups excluding carboxylic acids is 2. The zero-order valence-electron chi connectivity index (χ0n) is 17.1. The van der Waals surface area contributed by atoms with Crippen molar-refractivity contribution in [2.24, 2.45) is 7.05 Å². The molecule has 0 aliphatic rings. The summed E-state index contributed by atoms with van der Waals surface area (Å²) in [5.41, 5.74) is 2.32. The fourth-order valence-corrected chi connectivity index (χ4v) is 3.99. The van der Waals surface area contributed by atoms with Gasteiger partial charge in [-0.2, -0.15) is 0 Å². The number of nitrogens with one attached hydrogen (secondary N) is 2. The molecule has 0 spiro atoms. The number of thioether (sulfide) groups is 1. The number of amides is 2. The highest BCUT2D eigenvalue weighted by molar-refractivity contribution is 9.10. The van der Waals surface area contributed by atoms with Crippen LogP contribution in [0.5, 0.6) is 0 Å². The molecule has 0 unspecified atom stereocenters. The molecule has 0 saturated heterocycles. The second-order valence-electron chi connectivity index (χ2n) is 6.93. The summed E-state index contributed by atoms with van der Waals surface area (Å²) >= 11 is 10.6. The van der Waals surface area contributed by atoms with Crippen LogP contribution in [0.2, 0.25) is 5.02 Å². The van der Waals surface area contributed by atoms with Gasteiger partial charge in [0.1, 0.15) is 0 Å². The van der Waals surface area contributed by atoms with E-state index in [0.717, 1.165) is 5.56 Å². The van der Waals surface area contributed by atoms with Gasteiger partial charge in [0.2, 0.25) is 5.91 Å². The number of anilines is 1. The Balaban J connectivity index is 1.57. The third kappa shape index (κ3) is 6.09. The fraction of sp³-hybridized carbons (Fsp3) is 0.238. The molecule has 3 aromatic rings. The molecule has 10 heteroatoms. The Morgan fingerprint density at radius 1 is 1.19 bits per heavy atom. The summed E-state index contributed by atoms with van der Waals surface area (Å²) in [6.07, 6.45) is 0. The van der Waals surface area contributed by atoms with Crippen LogP contribution >= 0.6 is 39.3 Å². The van der Waals surface area contributed by atoms with E-state index in [1.165, 1.54) is 11.8 Å². The number of hydrogen-bond donors (Lipinski definition) is 2. The van der Waals surface area contributed by atoms with E-state index in [1.807, 2.05) is 26.0 Å². The maximum atomic E-state index is 12.5. The number of aryl methyl sites for hydroxylation is 1. The Bertz CT molecular complexity index is 1100. The minimum absolute atomic E-state index is 0.163. The van der Waals surface area contributed by atoms with Gasteiger partial charge in [-0.05, 0) is 60.1 Å². The summed E-state index contributed by atoms with van der Waals surface area (Å²) in [7, 11) is 1.81. The van der Waals surface area contributed by atoms with Crippen LogP contribution in [0.3, 0.4) is 0 Å². The van der Waals surface area contributed by atoms with Crippen LogP contribution in [0.4, 0.5) is 5.69 Å². The lowest BCUT2D eigenvalue weighted by Crippen LogP contribution is -2.28. The van der Waals surface area contributed by atoms with E-state index in [2.05, 4.69) is 36.8 Å². The molecule has 2 amide bonds. The third-order valence-electron chi connectivity index (χ3n) is 4.45. The van der Waals surface area contributed by atoms with Crippen molar-refractivity contribution in [3.63, 3.8) is 0 Å². The molecule has 2 aromatic carbocycles. The summed E-state index contributed by atoms with van der Waals surface area (Å²) in [5.74, 6) is 0.406. The van der Waals surface area contributed by atoms with Crippen molar-refractivity contribution in [1.82, 2.24) is 20.1 Å². The molecular formula is C21H21BrClN5O2S. The molecule has 7 nitrogen and oxygen atoms in total. The SMILES string of the molecule is Cc1ccc(C(=O)N[C@@H](C)c2nnc(SCC(=O)Nc3ccc(Cl)c(Br)c3)n2C)cc1. The van der Waals surface area contributed by atoms with Crippen LogP contribution in [0.25, 0.3) is 0 Å². The molecule has 0 radical (unpaired) electrons. The maximum absolute atomic E-state index is 12.5. The van der Waals surface area contributed by atoms with Crippen molar-refractivity contribution in [1.29, 1.82) is 0 Å². The predicted octanol–water partition coefficient (Wildman–Crippen LogP) is 4.76. The average Bonchev–Trinajstić information content (AvgIpc) is 3.10. The van der Waals surface area contributed by atoms with E-state index in [4.69, 9.17) is 11.6 Å². The minimum Gasteiger partial charge on any atom is -0.342 e. The van der Waals surface area contributed by atoms with Crippen LogP contribution in [0, 0.1) is 6.92 Å². The number of carbonyl (C=O) groups is 2. The van der Waals surface area contributed by atoms with Crippen molar-refractivity contribution in [3.05, 3.63) is 68.9 Å². The highest BCUT2D eigenvalue weighted by Gasteiger charge is 2.19. The van der Waals surface area contributed by atoms with Crippen LogP contribution < -0.4 is 10.6 Å². The first-order valence-electron chi connectivity index (χ1n) is 9.39. The second-order valence-corrected chi connectivity index (χ2v) is 9.13. The molecule has 2 N–H and O–H groups in total. The average molecular weight is 523 g/mol. The summed E-state index contributed by atoms with van der Waals surface area (Å²) in [6.45, 7) is 3.81. The van der Waals surface area contributed by atoms with Gasteiger partial charge in [0.15, 0.2) is 11.0 Å². The Morgan fingerprint density at radius 3 is 2.58 bits per heavy atom. The van der Waals surface area contributed by atoms with E-state index in [0.29, 0.717) is 31.7 Å². The Morgan fingerprint density at radius 2 is 1.90 bits per heavy atom. The smallest absolute Gasteiger partial charge is 0.251 e. The number of halogens is 2. The van der Waals surface area contributed by atoms with Gasteiger partial charge in [-0.15, -0.1) is 10.2 Å². The number of aromatic nitrogens is 3. The molecule has 1 atom stereocenters. The molecule has 0 aliphatic carbocycles. The lowest BCUT2D eigenvalue weighted by Gasteiger charge is -2.13. The standard InChI is InChI=1S/C21H21BrClN5O2S/c1-12-4-6-14(7-5-12)20(30)24-13(2)19-26-27-21(28(19)3)31-11-18(29)25-15-8-9-17(23)16(22)10-15/h4-10,13H,11H2,1-3H3,(H,24,30)(H,25,29)/t13-/m0/s1. The molecule has 0 bridgehead atoms. The van der Waals surface area contributed by atoms with Gasteiger partial charge >= 0.3 is 0 Å². The van der Waals surface area contributed by atoms with Gasteiger partial charge in [-0.3, -0.25) is 9.59 Å². The summed E-state index contributed by atoms with van der Waals surface area (Å²) in [4.78, 5) is 24.7. The molecule has 31 heavy (non-hydrogen) atoms. The number of hydrogen-bond acceptors (Lipinski definition) is 5. The van der Waals surface area contributed by atoms with E-state index >= 15 is 0 Å². The summed E-state index contributed by atoms with van der Waals surface area (Å²) < 4.78 is 2.48. The molecule has 0 saturated carbocycles. The topological polar surface area (TPSA) is 88.9 Å². The van der Waals surface area contributed by atoms with E-state index in [1.54, 1.807) is 41.9 Å². The van der Waals surface area contributed by atoms with Crippen LogP contribution in [-0.4, -0.2) is 32.3 Å². The van der Waals surface area contributed by atoms with Crippen molar-refractivity contribution >= 4 is 56.8 Å². The molecule has 1 aromatic heterocycles. The number of nitrogens with zero attached hydrogens (tertiary/aromatic N) is 3. The van der Waals surface area contributed by atoms with E-state index in [9.17, 15) is 9.59 Å². The lowest BCUT2D eigenvalue weighted by atomic mass is 10.1. The molecule has 162 valence electrons. The van der Waals surface area contributed by atoms with E-state index < -0.39 is 0 Å². The Hall–Kier alpha value is -2.36. The van der Waals surface area contributed by atoms with Crippen molar-refractivity contribution in [3.8, 4) is 0 Å². The van der Waals surface area contributed by atoms with Crippen molar-refractivity contribution in [2.45, 2.75) is 25.0 Å². The first-order valence-corrected chi connectivity index (χ1v) is 11.5. The van der Waals surface area contributed by atoms with Gasteiger partial charge in [-0.1, -0.05) is 41.1 Å². The maximum Gasteiger partial charge on any atom is 0.251 e. The quantitative estimate of drug-likeness (QED) is 0.437. The first-order chi connectivity index (χ1) is 14.7. The first kappa shape index (κ1) is 23.3. The second kappa shape index (κ2) is 10.3.